The Morgan fingerprint density at radius 3 is 2.42 bits per heavy atom. The van der Waals surface area contributed by atoms with Gasteiger partial charge in [0, 0.05) is 43.6 Å². The molecule has 6 nitrogen and oxygen atoms in total. The molecule has 1 aromatic heterocycles. The summed E-state index contributed by atoms with van der Waals surface area (Å²) >= 11 is 0. The van der Waals surface area contributed by atoms with Gasteiger partial charge in [-0.1, -0.05) is 37.3 Å². The maximum absolute atomic E-state index is 13.5. The van der Waals surface area contributed by atoms with E-state index in [4.69, 9.17) is 9.47 Å². The molecule has 160 valence electrons. The van der Waals surface area contributed by atoms with Crippen molar-refractivity contribution in [3.05, 3.63) is 65.9 Å². The zero-order valence-corrected chi connectivity index (χ0v) is 18.0. The maximum atomic E-state index is 13.5. The highest BCUT2D eigenvalue weighted by Gasteiger charge is 2.26. The lowest BCUT2D eigenvalue weighted by Crippen LogP contribution is -2.48. The van der Waals surface area contributed by atoms with Crippen molar-refractivity contribution in [2.75, 3.05) is 39.5 Å². The van der Waals surface area contributed by atoms with E-state index < -0.39 is 0 Å². The molecular formula is C25H27N3O3. The molecule has 1 fully saturated rings. The van der Waals surface area contributed by atoms with E-state index in [2.05, 4.69) is 28.5 Å². The van der Waals surface area contributed by atoms with Crippen LogP contribution in [0.3, 0.4) is 0 Å². The van der Waals surface area contributed by atoms with Crippen molar-refractivity contribution in [2.24, 2.45) is 0 Å². The maximum Gasteiger partial charge on any atom is 0.255 e. The van der Waals surface area contributed by atoms with Crippen molar-refractivity contribution in [1.29, 1.82) is 0 Å². The first-order chi connectivity index (χ1) is 15.2. The number of hydrogen-bond acceptors (Lipinski definition) is 4. The van der Waals surface area contributed by atoms with E-state index in [9.17, 15) is 4.79 Å². The van der Waals surface area contributed by atoms with E-state index in [0.717, 1.165) is 72.4 Å². The SMILES string of the molecule is CCN1CCN(C(=O)c2cc(-c3ccccc3)n(-c3ccc4c(c3)OCO4)c2C)CC1. The van der Waals surface area contributed by atoms with Crippen LogP contribution in [0, 0.1) is 6.92 Å². The number of ether oxygens (including phenoxy) is 2. The second kappa shape index (κ2) is 8.12. The van der Waals surface area contributed by atoms with E-state index in [0.29, 0.717) is 0 Å². The van der Waals surface area contributed by atoms with Gasteiger partial charge in [0.25, 0.3) is 5.91 Å². The zero-order valence-electron chi connectivity index (χ0n) is 18.0. The number of hydrogen-bond donors (Lipinski definition) is 0. The number of likely N-dealkylation sites (N-methyl/N-ethyl adjacent to an activating group) is 1. The fraction of sp³-hybridized carbons (Fsp3) is 0.320. The van der Waals surface area contributed by atoms with Crippen LogP contribution in [0.5, 0.6) is 11.5 Å². The van der Waals surface area contributed by atoms with Crippen molar-refractivity contribution in [1.82, 2.24) is 14.4 Å². The van der Waals surface area contributed by atoms with Crippen LogP contribution in [-0.4, -0.2) is 59.8 Å². The molecule has 3 aromatic rings. The number of nitrogens with zero attached hydrogens (tertiary/aromatic N) is 3. The van der Waals surface area contributed by atoms with Gasteiger partial charge in [-0.2, -0.15) is 0 Å². The summed E-state index contributed by atoms with van der Waals surface area (Å²) in [5.74, 6) is 1.58. The summed E-state index contributed by atoms with van der Waals surface area (Å²) in [4.78, 5) is 17.8. The van der Waals surface area contributed by atoms with Crippen LogP contribution in [0.4, 0.5) is 0 Å². The second-order valence-electron chi connectivity index (χ2n) is 7.99. The summed E-state index contributed by atoms with van der Waals surface area (Å²) < 4.78 is 13.2. The summed E-state index contributed by atoms with van der Waals surface area (Å²) in [5, 5.41) is 0. The van der Waals surface area contributed by atoms with Crippen molar-refractivity contribution in [3.63, 3.8) is 0 Å². The molecule has 1 saturated heterocycles. The molecule has 0 saturated carbocycles. The first-order valence-electron chi connectivity index (χ1n) is 10.8. The molecule has 0 aliphatic carbocycles. The molecule has 2 aliphatic heterocycles. The predicted octanol–water partition coefficient (Wildman–Crippen LogP) is 3.96. The number of carbonyl (C=O) groups excluding carboxylic acids is 1. The normalized spacial score (nSPS) is 16.0. The van der Waals surface area contributed by atoms with Crippen LogP contribution in [0.2, 0.25) is 0 Å². The lowest BCUT2D eigenvalue weighted by Gasteiger charge is -2.34. The van der Waals surface area contributed by atoms with Gasteiger partial charge in [0.05, 0.1) is 11.3 Å². The molecule has 2 aliphatic rings. The molecule has 3 heterocycles. The number of piperazine rings is 1. The Balaban J connectivity index is 1.57. The Morgan fingerprint density at radius 1 is 0.935 bits per heavy atom. The van der Waals surface area contributed by atoms with Gasteiger partial charge in [-0.25, -0.2) is 0 Å². The van der Waals surface area contributed by atoms with E-state index in [1.54, 1.807) is 0 Å². The molecular weight excluding hydrogens is 390 g/mol. The van der Waals surface area contributed by atoms with Crippen LogP contribution in [-0.2, 0) is 0 Å². The molecule has 31 heavy (non-hydrogen) atoms. The molecule has 0 spiro atoms. The summed E-state index contributed by atoms with van der Waals surface area (Å²) in [6, 6.07) is 18.2. The largest absolute Gasteiger partial charge is 0.454 e. The molecule has 0 unspecified atom stereocenters. The van der Waals surface area contributed by atoms with E-state index in [1.165, 1.54) is 0 Å². The Kier molecular flexibility index (Phi) is 5.16. The summed E-state index contributed by atoms with van der Waals surface area (Å²) in [6.07, 6.45) is 0. The first kappa shape index (κ1) is 19.7. The zero-order chi connectivity index (χ0) is 21.4. The molecule has 1 amide bonds. The van der Waals surface area contributed by atoms with Gasteiger partial charge in [0.1, 0.15) is 0 Å². The lowest BCUT2D eigenvalue weighted by molar-refractivity contribution is 0.0642. The van der Waals surface area contributed by atoms with Crippen LogP contribution in [0.1, 0.15) is 23.0 Å². The van der Waals surface area contributed by atoms with Crippen LogP contribution < -0.4 is 9.47 Å². The van der Waals surface area contributed by atoms with Gasteiger partial charge < -0.3 is 23.8 Å². The number of carbonyl (C=O) groups is 1. The molecule has 6 heteroatoms. The quantitative estimate of drug-likeness (QED) is 0.645. The van der Waals surface area contributed by atoms with Gasteiger partial charge in [0.2, 0.25) is 6.79 Å². The fourth-order valence-electron chi connectivity index (χ4n) is 4.44. The highest BCUT2D eigenvalue weighted by molar-refractivity contribution is 5.97. The molecule has 0 bridgehead atoms. The highest BCUT2D eigenvalue weighted by Crippen LogP contribution is 2.37. The van der Waals surface area contributed by atoms with Gasteiger partial charge in [-0.05, 0) is 37.2 Å². The van der Waals surface area contributed by atoms with Crippen molar-refractivity contribution < 1.29 is 14.3 Å². The number of fused-ring (bicyclic) bond motifs is 1. The third-order valence-electron chi connectivity index (χ3n) is 6.27. The summed E-state index contributed by atoms with van der Waals surface area (Å²) in [5.41, 5.74) is 4.70. The van der Waals surface area contributed by atoms with E-state index in [-0.39, 0.29) is 12.7 Å². The Bertz CT molecular complexity index is 1100. The molecule has 0 N–H and O–H groups in total. The van der Waals surface area contributed by atoms with Crippen molar-refractivity contribution in [2.45, 2.75) is 13.8 Å². The minimum atomic E-state index is 0.102. The number of aromatic nitrogens is 1. The lowest BCUT2D eigenvalue weighted by atomic mass is 10.1. The van der Waals surface area contributed by atoms with Crippen LogP contribution >= 0.6 is 0 Å². The number of benzene rings is 2. The average Bonchev–Trinajstić information content (AvgIpc) is 3.43. The standard InChI is InChI=1S/C25H27N3O3/c1-3-26-11-13-27(14-12-26)25(29)21-16-22(19-7-5-4-6-8-19)28(18(21)2)20-9-10-23-24(15-20)31-17-30-23/h4-10,15-16H,3,11-14,17H2,1-2H3. The van der Waals surface area contributed by atoms with Crippen LogP contribution in [0.25, 0.3) is 16.9 Å². The van der Waals surface area contributed by atoms with Gasteiger partial charge in [0.15, 0.2) is 11.5 Å². The number of amides is 1. The van der Waals surface area contributed by atoms with Crippen LogP contribution in [0.15, 0.2) is 54.6 Å². The van der Waals surface area contributed by atoms with Crippen molar-refractivity contribution >= 4 is 5.91 Å². The molecule has 0 radical (unpaired) electrons. The predicted molar refractivity (Wildman–Crippen MR) is 120 cm³/mol. The smallest absolute Gasteiger partial charge is 0.255 e. The van der Waals surface area contributed by atoms with E-state index in [1.807, 2.05) is 54.3 Å². The second-order valence-corrected chi connectivity index (χ2v) is 7.99. The summed E-state index contributed by atoms with van der Waals surface area (Å²) in [6.45, 7) is 8.84. The molecule has 2 aromatic carbocycles. The monoisotopic (exact) mass is 417 g/mol. The Hall–Kier alpha value is -3.25. The average molecular weight is 418 g/mol. The minimum absolute atomic E-state index is 0.102. The minimum Gasteiger partial charge on any atom is -0.454 e. The number of rotatable bonds is 4. The molecule has 5 rings (SSSR count). The first-order valence-corrected chi connectivity index (χ1v) is 10.8. The summed E-state index contributed by atoms with van der Waals surface area (Å²) in [7, 11) is 0. The van der Waals surface area contributed by atoms with Gasteiger partial charge in [-0.3, -0.25) is 4.79 Å². The molecule has 0 atom stereocenters. The Labute approximate surface area is 182 Å². The third kappa shape index (κ3) is 3.57. The topological polar surface area (TPSA) is 46.9 Å². The van der Waals surface area contributed by atoms with Gasteiger partial charge >= 0.3 is 0 Å². The highest BCUT2D eigenvalue weighted by atomic mass is 16.7. The van der Waals surface area contributed by atoms with E-state index >= 15 is 0 Å². The Morgan fingerprint density at radius 2 is 1.68 bits per heavy atom. The van der Waals surface area contributed by atoms with Crippen molar-refractivity contribution in [3.8, 4) is 28.4 Å². The van der Waals surface area contributed by atoms with Gasteiger partial charge in [-0.15, -0.1) is 0 Å². The third-order valence-corrected chi connectivity index (χ3v) is 6.27. The fourth-order valence-corrected chi connectivity index (χ4v) is 4.44.